The lowest BCUT2D eigenvalue weighted by atomic mass is 9.86. The van der Waals surface area contributed by atoms with Crippen molar-refractivity contribution in [3.05, 3.63) is 29.7 Å². The molecular weight excluding hydrogens is 228 g/mol. The van der Waals surface area contributed by atoms with Gasteiger partial charge in [-0.1, -0.05) is 13.8 Å². The lowest BCUT2D eigenvalue weighted by Crippen LogP contribution is -2.25. The second-order valence-corrected chi connectivity index (χ2v) is 5.12. The Morgan fingerprint density at radius 2 is 2.11 bits per heavy atom. The minimum atomic E-state index is -0.348. The van der Waals surface area contributed by atoms with Gasteiger partial charge in [0, 0.05) is 43.6 Å². The number of aromatic amines is 1. The molecule has 0 aromatic carbocycles. The minimum absolute atomic E-state index is 0.00968. The second-order valence-electron chi connectivity index (χ2n) is 5.12. The summed E-state index contributed by atoms with van der Waals surface area (Å²) in [6.45, 7) is 4.36. The van der Waals surface area contributed by atoms with E-state index in [-0.39, 0.29) is 11.7 Å². The number of allylic oxidation sites excluding steroid dienone is 1. The molecule has 0 atom stereocenters. The number of aromatic nitrogens is 1. The van der Waals surface area contributed by atoms with Crippen molar-refractivity contribution in [1.29, 1.82) is 0 Å². The van der Waals surface area contributed by atoms with Crippen molar-refractivity contribution >= 4 is 11.8 Å². The van der Waals surface area contributed by atoms with Crippen LogP contribution in [0.1, 0.15) is 26.0 Å². The zero-order chi connectivity index (χ0) is 13.2. The number of hydrogen-bond acceptors (Lipinski definition) is 3. The Kier molecular flexibility index (Phi) is 3.68. The van der Waals surface area contributed by atoms with E-state index in [0.717, 1.165) is 23.5 Å². The third kappa shape index (κ3) is 2.54. The summed E-state index contributed by atoms with van der Waals surface area (Å²) in [5, 5.41) is 0. The fourth-order valence-corrected chi connectivity index (χ4v) is 2.20. The summed E-state index contributed by atoms with van der Waals surface area (Å²) in [6.07, 6.45) is 4.49. The number of hydrogen-bond donors (Lipinski definition) is 1. The first-order valence-corrected chi connectivity index (χ1v) is 6.05. The van der Waals surface area contributed by atoms with Crippen molar-refractivity contribution in [1.82, 2.24) is 4.98 Å². The van der Waals surface area contributed by atoms with Crippen LogP contribution in [0.15, 0.2) is 29.0 Å². The lowest BCUT2D eigenvalue weighted by molar-refractivity contribution is -0.0532. The Balaban J connectivity index is 2.29. The summed E-state index contributed by atoms with van der Waals surface area (Å²) in [5.74, 6) is 0. The predicted octanol–water partition coefficient (Wildman–Crippen LogP) is 2.85. The smallest absolute Gasteiger partial charge is 0.196 e. The first-order chi connectivity index (χ1) is 8.56. The first kappa shape index (κ1) is 13.1. The highest BCUT2D eigenvalue weighted by molar-refractivity contribution is 5.92. The van der Waals surface area contributed by atoms with E-state index in [9.17, 15) is 0 Å². The van der Waals surface area contributed by atoms with Gasteiger partial charge in [0.05, 0.1) is 5.71 Å². The Morgan fingerprint density at radius 3 is 2.67 bits per heavy atom. The number of methoxy groups -OCH3 is 2. The van der Waals surface area contributed by atoms with E-state index in [1.54, 1.807) is 14.2 Å². The standard InChI is InChI=1S/C14H20N2O2/c1-14(2)9-11(13(17-3)18-4)16-12(14)8-10-6-5-7-15-10/h5-8,13,15H,9H2,1-4H3/b12-8+. The Bertz CT molecular complexity index is 454. The van der Waals surface area contributed by atoms with E-state index < -0.39 is 0 Å². The fraction of sp³-hybridized carbons (Fsp3) is 0.500. The van der Waals surface area contributed by atoms with Crippen molar-refractivity contribution in [3.63, 3.8) is 0 Å². The predicted molar refractivity (Wildman–Crippen MR) is 72.4 cm³/mol. The van der Waals surface area contributed by atoms with E-state index in [4.69, 9.17) is 9.47 Å². The van der Waals surface area contributed by atoms with Crippen molar-refractivity contribution in [2.45, 2.75) is 26.6 Å². The van der Waals surface area contributed by atoms with Gasteiger partial charge in [-0.25, -0.2) is 0 Å². The highest BCUT2D eigenvalue weighted by atomic mass is 16.7. The lowest BCUT2D eigenvalue weighted by Gasteiger charge is -2.19. The molecule has 0 amide bonds. The summed E-state index contributed by atoms with van der Waals surface area (Å²) in [7, 11) is 3.27. The molecule has 0 saturated carbocycles. The van der Waals surface area contributed by atoms with Gasteiger partial charge in [0.2, 0.25) is 0 Å². The number of H-pyrrole nitrogens is 1. The summed E-state index contributed by atoms with van der Waals surface area (Å²) >= 11 is 0. The first-order valence-electron chi connectivity index (χ1n) is 6.05. The molecule has 1 aliphatic heterocycles. The molecule has 2 rings (SSSR count). The van der Waals surface area contributed by atoms with Crippen LogP contribution in [0.3, 0.4) is 0 Å². The SMILES string of the molecule is COC(OC)C1=N/C(=C/c2ccc[nH]2)C(C)(C)C1. The maximum atomic E-state index is 5.27. The molecule has 0 bridgehead atoms. The number of rotatable bonds is 4. The highest BCUT2D eigenvalue weighted by Crippen LogP contribution is 2.39. The maximum absolute atomic E-state index is 5.27. The second kappa shape index (κ2) is 5.08. The highest BCUT2D eigenvalue weighted by Gasteiger charge is 2.35. The third-order valence-corrected chi connectivity index (χ3v) is 3.19. The molecule has 1 aromatic heterocycles. The van der Waals surface area contributed by atoms with E-state index in [0.29, 0.717) is 0 Å². The fourth-order valence-electron chi connectivity index (χ4n) is 2.20. The van der Waals surface area contributed by atoms with Gasteiger partial charge in [0.1, 0.15) is 0 Å². The largest absolute Gasteiger partial charge is 0.362 e. The molecule has 2 heterocycles. The molecule has 0 saturated heterocycles. The molecule has 1 N–H and O–H groups in total. The van der Waals surface area contributed by atoms with Crippen molar-refractivity contribution in [2.75, 3.05) is 14.2 Å². The van der Waals surface area contributed by atoms with E-state index in [1.807, 2.05) is 18.3 Å². The third-order valence-electron chi connectivity index (χ3n) is 3.19. The van der Waals surface area contributed by atoms with Crippen molar-refractivity contribution in [2.24, 2.45) is 10.4 Å². The van der Waals surface area contributed by atoms with Crippen LogP contribution in [0.5, 0.6) is 0 Å². The summed E-state index contributed by atoms with van der Waals surface area (Å²) in [5.41, 5.74) is 3.08. The molecule has 1 aliphatic rings. The van der Waals surface area contributed by atoms with Crippen LogP contribution >= 0.6 is 0 Å². The average molecular weight is 248 g/mol. The van der Waals surface area contributed by atoms with Gasteiger partial charge >= 0.3 is 0 Å². The molecule has 1 aromatic rings. The van der Waals surface area contributed by atoms with Gasteiger partial charge in [-0.2, -0.15) is 0 Å². The number of nitrogens with zero attached hydrogens (tertiary/aromatic N) is 1. The van der Waals surface area contributed by atoms with Crippen LogP contribution in [0.25, 0.3) is 6.08 Å². The van der Waals surface area contributed by atoms with Crippen LogP contribution in [-0.4, -0.2) is 31.2 Å². The zero-order valence-corrected chi connectivity index (χ0v) is 11.4. The number of nitrogens with one attached hydrogen (secondary N) is 1. The van der Waals surface area contributed by atoms with Gasteiger partial charge in [-0.3, -0.25) is 4.99 Å². The van der Waals surface area contributed by atoms with Gasteiger partial charge in [0.15, 0.2) is 6.29 Å². The van der Waals surface area contributed by atoms with Crippen LogP contribution in [-0.2, 0) is 9.47 Å². The van der Waals surface area contributed by atoms with E-state index in [2.05, 4.69) is 29.9 Å². The molecule has 4 nitrogen and oxygen atoms in total. The molecular formula is C14H20N2O2. The average Bonchev–Trinajstić information content (AvgIpc) is 2.90. The van der Waals surface area contributed by atoms with Crippen LogP contribution in [0.4, 0.5) is 0 Å². The quantitative estimate of drug-likeness (QED) is 0.833. The summed E-state index contributed by atoms with van der Waals surface area (Å²) in [6, 6.07) is 4.01. The molecule has 4 heteroatoms. The Morgan fingerprint density at radius 1 is 1.39 bits per heavy atom. The summed E-state index contributed by atoms with van der Waals surface area (Å²) in [4.78, 5) is 7.83. The maximum Gasteiger partial charge on any atom is 0.196 e. The Hall–Kier alpha value is -1.39. The molecule has 98 valence electrons. The molecule has 0 aliphatic carbocycles. The van der Waals surface area contributed by atoms with Crippen molar-refractivity contribution < 1.29 is 9.47 Å². The zero-order valence-electron chi connectivity index (χ0n) is 11.4. The monoisotopic (exact) mass is 248 g/mol. The molecule has 0 radical (unpaired) electrons. The summed E-state index contributed by atoms with van der Waals surface area (Å²) < 4.78 is 10.5. The minimum Gasteiger partial charge on any atom is -0.362 e. The topological polar surface area (TPSA) is 46.6 Å². The molecule has 18 heavy (non-hydrogen) atoms. The van der Waals surface area contributed by atoms with E-state index >= 15 is 0 Å². The van der Waals surface area contributed by atoms with Crippen LogP contribution < -0.4 is 0 Å². The van der Waals surface area contributed by atoms with Gasteiger partial charge in [-0.15, -0.1) is 0 Å². The van der Waals surface area contributed by atoms with Gasteiger partial charge in [0.25, 0.3) is 0 Å². The van der Waals surface area contributed by atoms with Gasteiger partial charge in [-0.05, 0) is 18.2 Å². The normalized spacial score (nSPS) is 20.7. The molecule has 0 unspecified atom stereocenters. The Labute approximate surface area is 108 Å². The van der Waals surface area contributed by atoms with Crippen molar-refractivity contribution in [3.8, 4) is 0 Å². The number of aliphatic imine (C=N–C) groups is 1. The van der Waals surface area contributed by atoms with Crippen LogP contribution in [0, 0.1) is 5.41 Å². The van der Waals surface area contributed by atoms with Crippen LogP contribution in [0.2, 0.25) is 0 Å². The number of ether oxygens (including phenoxy) is 2. The molecule has 0 fully saturated rings. The van der Waals surface area contributed by atoms with Gasteiger partial charge < -0.3 is 14.5 Å². The molecule has 0 spiro atoms. The van der Waals surface area contributed by atoms with E-state index in [1.165, 1.54) is 0 Å².